The van der Waals surface area contributed by atoms with Crippen molar-refractivity contribution in [2.24, 2.45) is 0 Å². The fraction of sp³-hybridized carbons (Fsp3) is 0. The third-order valence-corrected chi connectivity index (χ3v) is 11.2. The molecule has 9 aromatic carbocycles. The van der Waals surface area contributed by atoms with Gasteiger partial charge in [-0.2, -0.15) is 0 Å². The maximum absolute atomic E-state index is 4.54. The minimum Gasteiger partial charge on any atom is -0.311 e. The van der Waals surface area contributed by atoms with Gasteiger partial charge in [0.25, 0.3) is 0 Å². The Balaban J connectivity index is 0.949. The summed E-state index contributed by atoms with van der Waals surface area (Å²) in [5, 5.41) is 0. The van der Waals surface area contributed by atoms with E-state index in [9.17, 15) is 0 Å². The van der Waals surface area contributed by atoms with Crippen LogP contribution in [0.1, 0.15) is 5.56 Å². The molecule has 0 heterocycles. The summed E-state index contributed by atoms with van der Waals surface area (Å²) >= 11 is 0. The molecule has 0 spiro atoms. The molecule has 0 radical (unpaired) electrons. The van der Waals surface area contributed by atoms with E-state index in [1.54, 1.807) is 0 Å². The monoisotopic (exact) mass is 794 g/mol. The molecule has 2 nitrogen and oxygen atoms in total. The topological polar surface area (TPSA) is 6.48 Å². The maximum atomic E-state index is 4.54. The molecule has 0 aliphatic heterocycles. The number of rotatable bonds is 13. The average molecular weight is 795 g/mol. The molecule has 9 aromatic rings. The molecular weight excluding hydrogens is 749 g/mol. The van der Waals surface area contributed by atoms with Crippen molar-refractivity contribution in [2.45, 2.75) is 0 Å². The lowest BCUT2D eigenvalue weighted by Gasteiger charge is -2.26. The van der Waals surface area contributed by atoms with Crippen LogP contribution < -0.4 is 9.80 Å². The molecule has 0 saturated carbocycles. The number of hydrogen-bond acceptors (Lipinski definition) is 2. The van der Waals surface area contributed by atoms with Gasteiger partial charge in [0, 0.05) is 34.1 Å². The fourth-order valence-corrected chi connectivity index (χ4v) is 7.85. The van der Waals surface area contributed by atoms with E-state index in [1.807, 2.05) is 18.2 Å². The maximum Gasteiger partial charge on any atom is 0.0462 e. The summed E-state index contributed by atoms with van der Waals surface area (Å²) in [6.07, 6.45) is 4.10. The van der Waals surface area contributed by atoms with Crippen molar-refractivity contribution >= 4 is 34.0 Å². The van der Waals surface area contributed by atoms with Gasteiger partial charge in [0.15, 0.2) is 0 Å². The smallest absolute Gasteiger partial charge is 0.0462 e. The summed E-state index contributed by atoms with van der Waals surface area (Å²) in [7, 11) is 0. The van der Waals surface area contributed by atoms with Crippen LogP contribution in [0.5, 0.6) is 0 Å². The van der Waals surface area contributed by atoms with Crippen LogP contribution in [0.2, 0.25) is 0 Å². The second-order valence-corrected chi connectivity index (χ2v) is 15.2. The zero-order valence-electron chi connectivity index (χ0n) is 34.6. The molecule has 0 atom stereocenters. The van der Waals surface area contributed by atoms with Crippen LogP contribution in [0.3, 0.4) is 0 Å². The standard InChI is InChI=1S/C60H46N2/c1-45(23-24-46(2)61(56-21-13-6-14-22-56)57-39-31-55(32-40-57)52-27-25-51(26-28-52)48-15-7-3-8-16-48)47-29-37-58(38-30-47)62(59-41-33-53(34-42-59)49-17-9-4-10-18-49)60-43-35-54(36-44-60)50-19-11-5-12-20-50/h3-44H,1-2H2/b24-23-. The lowest BCUT2D eigenvalue weighted by Crippen LogP contribution is -2.14. The molecule has 0 N–H and O–H groups in total. The van der Waals surface area contributed by atoms with Gasteiger partial charge in [-0.15, -0.1) is 0 Å². The molecule has 0 saturated heterocycles. The Bertz CT molecular complexity index is 2820. The van der Waals surface area contributed by atoms with Crippen LogP contribution in [-0.4, -0.2) is 0 Å². The van der Waals surface area contributed by atoms with Gasteiger partial charge in [-0.05, 0) is 122 Å². The Morgan fingerprint density at radius 1 is 0.274 bits per heavy atom. The molecule has 0 unspecified atom stereocenters. The first-order valence-electron chi connectivity index (χ1n) is 21.0. The number of benzene rings is 9. The van der Waals surface area contributed by atoms with E-state index < -0.39 is 0 Å². The van der Waals surface area contributed by atoms with Gasteiger partial charge >= 0.3 is 0 Å². The van der Waals surface area contributed by atoms with Crippen LogP contribution in [0.25, 0.3) is 50.1 Å². The second-order valence-electron chi connectivity index (χ2n) is 15.2. The van der Waals surface area contributed by atoms with Crippen LogP contribution in [0.15, 0.2) is 274 Å². The first-order chi connectivity index (χ1) is 30.6. The van der Waals surface area contributed by atoms with Crippen molar-refractivity contribution in [1.82, 2.24) is 0 Å². The third-order valence-electron chi connectivity index (χ3n) is 11.2. The summed E-state index contributed by atoms with van der Waals surface area (Å²) in [5.41, 5.74) is 17.5. The summed E-state index contributed by atoms with van der Waals surface area (Å²) in [6.45, 7) is 9.02. The van der Waals surface area contributed by atoms with Crippen LogP contribution >= 0.6 is 0 Å². The third kappa shape index (κ3) is 8.86. The quantitative estimate of drug-likeness (QED) is 0.107. The summed E-state index contributed by atoms with van der Waals surface area (Å²) in [4.78, 5) is 4.48. The van der Waals surface area contributed by atoms with Crippen LogP contribution in [0, 0.1) is 0 Å². The normalized spacial score (nSPS) is 11.0. The highest BCUT2D eigenvalue weighted by atomic mass is 15.1. The minimum absolute atomic E-state index is 0.831. The van der Waals surface area contributed by atoms with Gasteiger partial charge in [0.05, 0.1) is 0 Å². The highest BCUT2D eigenvalue weighted by Crippen LogP contribution is 2.38. The number of para-hydroxylation sites is 1. The highest BCUT2D eigenvalue weighted by Gasteiger charge is 2.15. The van der Waals surface area contributed by atoms with Gasteiger partial charge in [-0.25, -0.2) is 0 Å². The Labute approximate surface area is 366 Å². The zero-order valence-corrected chi connectivity index (χ0v) is 34.6. The van der Waals surface area contributed by atoms with Crippen molar-refractivity contribution in [1.29, 1.82) is 0 Å². The summed E-state index contributed by atoms with van der Waals surface area (Å²) < 4.78 is 0. The van der Waals surface area contributed by atoms with Gasteiger partial charge in [-0.1, -0.05) is 201 Å². The Morgan fingerprint density at radius 3 is 0.919 bits per heavy atom. The second kappa shape index (κ2) is 18.4. The van der Waals surface area contributed by atoms with Gasteiger partial charge in [-0.3, -0.25) is 0 Å². The van der Waals surface area contributed by atoms with Crippen molar-refractivity contribution in [2.75, 3.05) is 9.80 Å². The molecule has 0 fully saturated rings. The molecular formula is C60H46N2. The van der Waals surface area contributed by atoms with Gasteiger partial charge in [0.1, 0.15) is 0 Å². The largest absolute Gasteiger partial charge is 0.311 e. The van der Waals surface area contributed by atoms with Crippen LogP contribution in [0.4, 0.5) is 28.4 Å². The lowest BCUT2D eigenvalue weighted by molar-refractivity contribution is 1.22. The molecule has 0 aliphatic carbocycles. The number of anilines is 5. The molecule has 0 amide bonds. The van der Waals surface area contributed by atoms with Crippen LogP contribution in [-0.2, 0) is 0 Å². The van der Waals surface area contributed by atoms with E-state index in [0.29, 0.717) is 0 Å². The van der Waals surface area contributed by atoms with E-state index >= 15 is 0 Å². The molecule has 0 aromatic heterocycles. The molecule has 0 aliphatic rings. The molecule has 9 rings (SSSR count). The van der Waals surface area contributed by atoms with E-state index in [4.69, 9.17) is 0 Å². The number of allylic oxidation sites excluding steroid dienone is 3. The van der Waals surface area contributed by atoms with Crippen molar-refractivity contribution in [3.05, 3.63) is 279 Å². The fourth-order valence-electron chi connectivity index (χ4n) is 7.85. The number of hydrogen-bond donors (Lipinski definition) is 0. The van der Waals surface area contributed by atoms with Crippen molar-refractivity contribution in [3.8, 4) is 44.5 Å². The van der Waals surface area contributed by atoms with Crippen molar-refractivity contribution < 1.29 is 0 Å². The highest BCUT2D eigenvalue weighted by molar-refractivity contribution is 5.82. The predicted molar refractivity (Wildman–Crippen MR) is 265 cm³/mol. The Hall–Kier alpha value is -8.20. The molecule has 0 bridgehead atoms. The molecule has 2 heteroatoms. The Kier molecular flexibility index (Phi) is 11.6. The minimum atomic E-state index is 0.831. The van der Waals surface area contributed by atoms with Crippen molar-refractivity contribution in [3.63, 3.8) is 0 Å². The average Bonchev–Trinajstić information content (AvgIpc) is 3.35. The number of nitrogens with zero attached hydrogens (tertiary/aromatic N) is 2. The molecule has 62 heavy (non-hydrogen) atoms. The van der Waals surface area contributed by atoms with E-state index in [-0.39, 0.29) is 0 Å². The van der Waals surface area contributed by atoms with E-state index in [0.717, 1.165) is 50.8 Å². The lowest BCUT2D eigenvalue weighted by atomic mass is 10.00. The molecule has 296 valence electrons. The first-order valence-corrected chi connectivity index (χ1v) is 21.0. The summed E-state index contributed by atoms with van der Waals surface area (Å²) in [5.74, 6) is 0. The van der Waals surface area contributed by atoms with E-state index in [2.05, 4.69) is 260 Å². The Morgan fingerprint density at radius 2 is 0.548 bits per heavy atom. The van der Waals surface area contributed by atoms with Gasteiger partial charge < -0.3 is 9.80 Å². The predicted octanol–water partition coefficient (Wildman–Crippen LogP) is 16.7. The zero-order chi connectivity index (χ0) is 42.1. The SMILES string of the molecule is C=C(/C=C\C(=C)N(c1ccccc1)c1ccc(-c2ccc(-c3ccccc3)cc2)cc1)c1ccc(N(c2ccc(-c3ccccc3)cc2)c2ccc(-c3ccccc3)cc2)cc1. The van der Waals surface area contributed by atoms with E-state index in [1.165, 1.54) is 38.9 Å². The first kappa shape index (κ1) is 39.3. The summed E-state index contributed by atoms with van der Waals surface area (Å²) in [6, 6.07) is 85.5. The van der Waals surface area contributed by atoms with Gasteiger partial charge in [0.2, 0.25) is 0 Å².